The molecule has 0 aliphatic heterocycles. The van der Waals surface area contributed by atoms with E-state index in [0.717, 1.165) is 5.56 Å². The molecule has 0 atom stereocenters. The quantitative estimate of drug-likeness (QED) is 0.455. The molecule has 0 saturated heterocycles. The Kier molecular flexibility index (Phi) is 4.23. The fourth-order valence-corrected chi connectivity index (χ4v) is 1.25. The molecule has 0 aromatic heterocycles. The van der Waals surface area contributed by atoms with Crippen molar-refractivity contribution in [1.82, 2.24) is 5.43 Å². The molecule has 92 valence electrons. The van der Waals surface area contributed by atoms with Crippen LogP contribution < -0.4 is 5.43 Å². The molecule has 0 bridgehead atoms. The molecule has 5 nitrogen and oxygen atoms in total. The molecule has 0 aliphatic carbocycles. The van der Waals surface area contributed by atoms with E-state index in [4.69, 9.17) is 0 Å². The second kappa shape index (κ2) is 5.45. The Hall–Kier alpha value is -1.88. The molecule has 17 heavy (non-hydrogen) atoms. The van der Waals surface area contributed by atoms with Crippen molar-refractivity contribution in [3.8, 4) is 5.75 Å². The van der Waals surface area contributed by atoms with Crippen LogP contribution in [0.3, 0.4) is 0 Å². The molecule has 0 radical (unpaired) electrons. The number of likely N-dealkylation sites (N-methyl/N-ethyl adjacent to an activating group) is 1. The molecular weight excluding hydrogens is 218 g/mol. The van der Waals surface area contributed by atoms with Crippen molar-refractivity contribution in [2.24, 2.45) is 5.10 Å². The average molecular weight is 236 g/mol. The van der Waals surface area contributed by atoms with E-state index in [0.29, 0.717) is 11.0 Å². The number of nitrogens with one attached hydrogen (secondary N) is 1. The average Bonchev–Trinajstić information content (AvgIpc) is 2.14. The number of phenols is 1. The summed E-state index contributed by atoms with van der Waals surface area (Å²) in [6.07, 6.45) is 1.49. The van der Waals surface area contributed by atoms with E-state index in [9.17, 15) is 9.90 Å². The Labute approximate surface area is 101 Å². The zero-order valence-electron chi connectivity index (χ0n) is 10.3. The molecule has 5 heteroatoms. The molecule has 0 unspecified atom stereocenters. The second-order valence-corrected chi connectivity index (χ2v) is 4.84. The van der Waals surface area contributed by atoms with E-state index >= 15 is 0 Å². The number of aromatic hydroxyl groups is 1. The van der Waals surface area contributed by atoms with E-state index < -0.39 is 0 Å². The predicted octanol–water partition coefficient (Wildman–Crippen LogP) is 0.548. The van der Waals surface area contributed by atoms with Gasteiger partial charge in [0.25, 0.3) is 5.91 Å². The number of amides is 1. The first-order valence-electron chi connectivity index (χ1n) is 5.28. The summed E-state index contributed by atoms with van der Waals surface area (Å²) < 4.78 is 0.549. The Morgan fingerprint density at radius 1 is 1.47 bits per heavy atom. The molecule has 1 aromatic carbocycles. The highest BCUT2D eigenvalue weighted by atomic mass is 16.3. The van der Waals surface area contributed by atoms with Gasteiger partial charge >= 0.3 is 0 Å². The molecule has 0 saturated carbocycles. The smallest absolute Gasteiger partial charge is 0.295 e. The first-order chi connectivity index (χ1) is 7.87. The minimum absolute atomic E-state index is 0.145. The van der Waals surface area contributed by atoms with Gasteiger partial charge in [0.15, 0.2) is 6.54 Å². The summed E-state index contributed by atoms with van der Waals surface area (Å²) in [5.74, 6) is 0.0283. The van der Waals surface area contributed by atoms with Crippen LogP contribution in [0.2, 0.25) is 0 Å². The number of hydrazone groups is 1. The van der Waals surface area contributed by atoms with Gasteiger partial charge in [-0.3, -0.25) is 4.79 Å². The van der Waals surface area contributed by atoms with Crippen LogP contribution in [-0.2, 0) is 4.79 Å². The minimum atomic E-state index is -0.145. The second-order valence-electron chi connectivity index (χ2n) is 4.84. The van der Waals surface area contributed by atoms with Crippen LogP contribution >= 0.6 is 0 Å². The van der Waals surface area contributed by atoms with Crippen LogP contribution in [0.1, 0.15) is 5.56 Å². The maximum Gasteiger partial charge on any atom is 0.295 e. The molecule has 1 amide bonds. The number of hydrogen-bond donors (Lipinski definition) is 2. The maximum atomic E-state index is 11.4. The maximum absolute atomic E-state index is 11.4. The van der Waals surface area contributed by atoms with E-state index in [1.807, 2.05) is 21.1 Å². The van der Waals surface area contributed by atoms with E-state index in [-0.39, 0.29) is 11.7 Å². The number of carbonyl (C=O) groups excluding carboxylic acids is 1. The summed E-state index contributed by atoms with van der Waals surface area (Å²) in [7, 11) is 5.79. The fourth-order valence-electron chi connectivity index (χ4n) is 1.25. The molecule has 0 heterocycles. The monoisotopic (exact) mass is 236 g/mol. The summed E-state index contributed by atoms with van der Waals surface area (Å²) in [5, 5.41) is 13.0. The number of carbonyl (C=O) groups is 1. The highest BCUT2D eigenvalue weighted by molar-refractivity contribution is 5.83. The van der Waals surface area contributed by atoms with Gasteiger partial charge in [-0.2, -0.15) is 5.10 Å². The molecule has 0 aliphatic rings. The Morgan fingerprint density at radius 2 is 2.18 bits per heavy atom. The number of benzene rings is 1. The van der Waals surface area contributed by atoms with Crippen molar-refractivity contribution >= 4 is 12.1 Å². The molecule has 2 N–H and O–H groups in total. The predicted molar refractivity (Wildman–Crippen MR) is 66.7 cm³/mol. The largest absolute Gasteiger partial charge is 0.508 e. The first kappa shape index (κ1) is 13.2. The van der Waals surface area contributed by atoms with Crippen molar-refractivity contribution in [2.75, 3.05) is 27.7 Å². The zero-order valence-corrected chi connectivity index (χ0v) is 10.3. The number of hydrogen-bond acceptors (Lipinski definition) is 3. The third-order valence-corrected chi connectivity index (χ3v) is 1.89. The van der Waals surface area contributed by atoms with Gasteiger partial charge in [0.1, 0.15) is 5.75 Å². The van der Waals surface area contributed by atoms with E-state index in [1.54, 1.807) is 24.3 Å². The zero-order chi connectivity index (χ0) is 12.9. The van der Waals surface area contributed by atoms with Crippen molar-refractivity contribution in [1.29, 1.82) is 0 Å². The van der Waals surface area contributed by atoms with Crippen LogP contribution in [0.5, 0.6) is 5.75 Å². The van der Waals surface area contributed by atoms with Gasteiger partial charge in [-0.25, -0.2) is 5.43 Å². The van der Waals surface area contributed by atoms with Gasteiger partial charge in [0, 0.05) is 0 Å². The van der Waals surface area contributed by atoms with Crippen LogP contribution in [0.25, 0.3) is 0 Å². The van der Waals surface area contributed by atoms with Gasteiger partial charge in [-0.05, 0) is 17.7 Å². The fraction of sp³-hybridized carbons (Fsp3) is 0.333. The van der Waals surface area contributed by atoms with Crippen LogP contribution in [0.4, 0.5) is 0 Å². The van der Waals surface area contributed by atoms with Gasteiger partial charge in [-0.15, -0.1) is 0 Å². The molecular formula is C12H18N3O2+. The van der Waals surface area contributed by atoms with Gasteiger partial charge in [0.05, 0.1) is 27.4 Å². The highest BCUT2D eigenvalue weighted by Gasteiger charge is 2.12. The standard InChI is InChI=1S/C12H17N3O2/c1-15(2,3)9-12(17)14-13-8-10-5-4-6-11(16)7-10/h4-8H,9H2,1-3H3,(H-,14,16,17)/p+1. The van der Waals surface area contributed by atoms with Gasteiger partial charge in [0.2, 0.25) is 0 Å². The van der Waals surface area contributed by atoms with Crippen LogP contribution in [0, 0.1) is 0 Å². The van der Waals surface area contributed by atoms with Crippen molar-refractivity contribution in [3.63, 3.8) is 0 Å². The first-order valence-corrected chi connectivity index (χ1v) is 5.28. The lowest BCUT2D eigenvalue weighted by Gasteiger charge is -2.21. The van der Waals surface area contributed by atoms with Crippen molar-refractivity contribution in [3.05, 3.63) is 29.8 Å². The van der Waals surface area contributed by atoms with Gasteiger partial charge < -0.3 is 9.59 Å². The number of phenolic OH excluding ortho intramolecular Hbond substituents is 1. The van der Waals surface area contributed by atoms with Crippen LogP contribution in [0.15, 0.2) is 29.4 Å². The Balaban J connectivity index is 2.48. The molecule has 0 fully saturated rings. The molecule has 0 spiro atoms. The van der Waals surface area contributed by atoms with Crippen molar-refractivity contribution < 1.29 is 14.4 Å². The Bertz CT molecular complexity index is 422. The third-order valence-electron chi connectivity index (χ3n) is 1.89. The molecule has 1 aromatic rings. The number of rotatable bonds is 4. The lowest BCUT2D eigenvalue weighted by molar-refractivity contribution is -0.862. The number of quaternary nitrogens is 1. The number of nitrogens with zero attached hydrogens (tertiary/aromatic N) is 2. The normalized spacial score (nSPS) is 11.7. The van der Waals surface area contributed by atoms with E-state index in [1.165, 1.54) is 6.21 Å². The van der Waals surface area contributed by atoms with Crippen molar-refractivity contribution in [2.45, 2.75) is 0 Å². The highest BCUT2D eigenvalue weighted by Crippen LogP contribution is 2.08. The lowest BCUT2D eigenvalue weighted by Crippen LogP contribution is -2.43. The SMILES string of the molecule is C[N+](C)(C)CC(=O)NN=Cc1cccc(O)c1. The Morgan fingerprint density at radius 3 is 2.76 bits per heavy atom. The van der Waals surface area contributed by atoms with Crippen LogP contribution in [-0.4, -0.2) is 49.4 Å². The summed E-state index contributed by atoms with van der Waals surface area (Å²) >= 11 is 0. The van der Waals surface area contributed by atoms with E-state index in [2.05, 4.69) is 10.5 Å². The topological polar surface area (TPSA) is 61.7 Å². The summed E-state index contributed by atoms with van der Waals surface area (Å²) in [5.41, 5.74) is 3.17. The lowest BCUT2D eigenvalue weighted by atomic mass is 10.2. The summed E-state index contributed by atoms with van der Waals surface area (Å²) in [4.78, 5) is 11.4. The summed E-state index contributed by atoms with van der Waals surface area (Å²) in [6, 6.07) is 6.64. The van der Waals surface area contributed by atoms with Gasteiger partial charge in [-0.1, -0.05) is 12.1 Å². The third kappa shape index (κ3) is 5.67. The molecule has 1 rings (SSSR count). The minimum Gasteiger partial charge on any atom is -0.508 e. The summed E-state index contributed by atoms with van der Waals surface area (Å²) in [6.45, 7) is 0.359.